The highest BCUT2D eigenvalue weighted by atomic mass is 16.4. The average molecular weight is 334 g/mol. The molecule has 1 N–H and O–H groups in total. The van der Waals surface area contributed by atoms with E-state index < -0.39 is 0 Å². The molecule has 0 saturated carbocycles. The van der Waals surface area contributed by atoms with Crippen molar-refractivity contribution in [1.82, 2.24) is 10.3 Å². The highest BCUT2D eigenvalue weighted by Crippen LogP contribution is 2.27. The third kappa shape index (κ3) is 4.80. The first-order chi connectivity index (χ1) is 12.2. The summed E-state index contributed by atoms with van der Waals surface area (Å²) in [4.78, 5) is 16.6. The molecule has 0 radical (unpaired) electrons. The van der Waals surface area contributed by atoms with Crippen LogP contribution >= 0.6 is 0 Å². The number of oxazole rings is 1. The molecule has 2 aromatic carbocycles. The molecule has 3 rings (SSSR count). The van der Waals surface area contributed by atoms with Gasteiger partial charge in [-0.2, -0.15) is 0 Å². The molecular formula is C21H22N2O2. The normalized spacial score (nSPS) is 10.8. The standard InChI is InChI=1S/C21H22N2O2/c1-16-15-23-21(25-16)12-13-22-20(24)14-19(17-8-4-2-5-9-17)18-10-6-3-7-11-18/h2-11,15,19H,12-14H2,1H3,(H,22,24). The van der Waals surface area contributed by atoms with Crippen LogP contribution in [0.1, 0.15) is 35.1 Å². The predicted octanol–water partition coefficient (Wildman–Crippen LogP) is 3.86. The van der Waals surface area contributed by atoms with Crippen LogP contribution in [0.5, 0.6) is 0 Å². The number of nitrogens with one attached hydrogen (secondary N) is 1. The Bertz CT molecular complexity index is 758. The van der Waals surface area contributed by atoms with Crippen molar-refractivity contribution in [2.75, 3.05) is 6.54 Å². The van der Waals surface area contributed by atoms with Crippen LogP contribution in [0.3, 0.4) is 0 Å². The smallest absolute Gasteiger partial charge is 0.220 e. The highest BCUT2D eigenvalue weighted by molar-refractivity contribution is 5.77. The maximum absolute atomic E-state index is 12.4. The van der Waals surface area contributed by atoms with Gasteiger partial charge in [-0.15, -0.1) is 0 Å². The molecule has 0 fully saturated rings. The fraction of sp³-hybridized carbons (Fsp3) is 0.238. The Kier molecular flexibility index (Phi) is 5.62. The zero-order chi connectivity index (χ0) is 17.5. The second-order valence-corrected chi connectivity index (χ2v) is 6.04. The lowest BCUT2D eigenvalue weighted by molar-refractivity contribution is -0.121. The molecule has 0 saturated heterocycles. The van der Waals surface area contributed by atoms with Crippen molar-refractivity contribution in [3.8, 4) is 0 Å². The lowest BCUT2D eigenvalue weighted by Gasteiger charge is -2.17. The topological polar surface area (TPSA) is 55.1 Å². The van der Waals surface area contributed by atoms with Crippen LogP contribution in [0, 0.1) is 6.92 Å². The van der Waals surface area contributed by atoms with E-state index in [1.807, 2.05) is 43.3 Å². The average Bonchev–Trinajstić information content (AvgIpc) is 3.06. The molecule has 128 valence electrons. The number of carbonyl (C=O) groups is 1. The second-order valence-electron chi connectivity index (χ2n) is 6.04. The first-order valence-electron chi connectivity index (χ1n) is 8.50. The summed E-state index contributed by atoms with van der Waals surface area (Å²) >= 11 is 0. The molecule has 0 spiro atoms. The quantitative estimate of drug-likeness (QED) is 0.714. The van der Waals surface area contributed by atoms with Crippen molar-refractivity contribution in [2.45, 2.75) is 25.7 Å². The van der Waals surface area contributed by atoms with Crippen LogP contribution in [0.15, 0.2) is 71.3 Å². The van der Waals surface area contributed by atoms with Gasteiger partial charge in [0.15, 0.2) is 5.89 Å². The van der Waals surface area contributed by atoms with E-state index in [-0.39, 0.29) is 11.8 Å². The van der Waals surface area contributed by atoms with Crippen LogP contribution in [0.2, 0.25) is 0 Å². The Morgan fingerprint density at radius 1 is 1.04 bits per heavy atom. The summed E-state index contributed by atoms with van der Waals surface area (Å²) < 4.78 is 5.42. The van der Waals surface area contributed by atoms with Crippen molar-refractivity contribution >= 4 is 5.91 Å². The van der Waals surface area contributed by atoms with E-state index in [0.29, 0.717) is 25.3 Å². The third-order valence-corrected chi connectivity index (χ3v) is 4.12. The fourth-order valence-electron chi connectivity index (χ4n) is 2.88. The summed E-state index contributed by atoms with van der Waals surface area (Å²) in [6, 6.07) is 20.3. The van der Waals surface area contributed by atoms with Crippen molar-refractivity contribution in [2.24, 2.45) is 0 Å². The maximum Gasteiger partial charge on any atom is 0.220 e. The summed E-state index contributed by atoms with van der Waals surface area (Å²) in [5, 5.41) is 2.97. The van der Waals surface area contributed by atoms with Gasteiger partial charge in [-0.05, 0) is 18.1 Å². The molecule has 0 atom stereocenters. The van der Waals surface area contributed by atoms with E-state index in [1.54, 1.807) is 6.20 Å². The Labute approximate surface area is 147 Å². The highest BCUT2D eigenvalue weighted by Gasteiger charge is 2.17. The molecule has 0 aliphatic carbocycles. The van der Waals surface area contributed by atoms with Gasteiger partial charge >= 0.3 is 0 Å². The van der Waals surface area contributed by atoms with Crippen LogP contribution in [0.4, 0.5) is 0 Å². The number of carbonyl (C=O) groups excluding carboxylic acids is 1. The van der Waals surface area contributed by atoms with Gasteiger partial charge in [0.05, 0.1) is 6.20 Å². The first kappa shape index (κ1) is 17.0. The van der Waals surface area contributed by atoms with Crippen LogP contribution in [0.25, 0.3) is 0 Å². The van der Waals surface area contributed by atoms with Crippen molar-refractivity contribution in [3.05, 3.63) is 89.6 Å². The van der Waals surface area contributed by atoms with Gasteiger partial charge in [-0.25, -0.2) is 4.98 Å². The molecule has 0 aliphatic heterocycles. The van der Waals surface area contributed by atoms with Crippen LogP contribution in [-0.2, 0) is 11.2 Å². The fourth-order valence-corrected chi connectivity index (χ4v) is 2.88. The molecule has 1 aromatic heterocycles. The van der Waals surface area contributed by atoms with Gasteiger partial charge in [-0.3, -0.25) is 4.79 Å². The predicted molar refractivity (Wildman–Crippen MR) is 97.3 cm³/mol. The zero-order valence-electron chi connectivity index (χ0n) is 14.3. The van der Waals surface area contributed by atoms with E-state index in [0.717, 1.165) is 16.9 Å². The Morgan fingerprint density at radius 2 is 1.64 bits per heavy atom. The third-order valence-electron chi connectivity index (χ3n) is 4.12. The number of benzene rings is 2. The van der Waals surface area contributed by atoms with Gasteiger partial charge in [-0.1, -0.05) is 60.7 Å². The van der Waals surface area contributed by atoms with Gasteiger partial charge < -0.3 is 9.73 Å². The van der Waals surface area contributed by atoms with Gasteiger partial charge in [0.2, 0.25) is 5.91 Å². The minimum atomic E-state index is 0.0287. The van der Waals surface area contributed by atoms with E-state index in [2.05, 4.69) is 34.6 Å². The summed E-state index contributed by atoms with van der Waals surface area (Å²) in [5.74, 6) is 1.52. The Morgan fingerprint density at radius 3 is 2.16 bits per heavy atom. The molecule has 0 aliphatic rings. The van der Waals surface area contributed by atoms with Crippen LogP contribution in [-0.4, -0.2) is 17.4 Å². The lowest BCUT2D eigenvalue weighted by atomic mass is 9.88. The molecule has 0 unspecified atom stereocenters. The number of hydrogen-bond donors (Lipinski definition) is 1. The molecule has 3 aromatic rings. The SMILES string of the molecule is Cc1cnc(CCNC(=O)CC(c2ccccc2)c2ccccc2)o1. The van der Waals surface area contributed by atoms with Crippen molar-refractivity contribution in [3.63, 3.8) is 0 Å². The Balaban J connectivity index is 1.62. The molecule has 25 heavy (non-hydrogen) atoms. The van der Waals surface area contributed by atoms with Gasteiger partial charge in [0, 0.05) is 25.3 Å². The summed E-state index contributed by atoms with van der Waals surface area (Å²) in [5.41, 5.74) is 2.29. The lowest BCUT2D eigenvalue weighted by Crippen LogP contribution is -2.27. The zero-order valence-corrected chi connectivity index (χ0v) is 14.3. The number of rotatable bonds is 7. The summed E-state index contributed by atoms with van der Waals surface area (Å²) in [6.45, 7) is 2.38. The van der Waals surface area contributed by atoms with Gasteiger partial charge in [0.1, 0.15) is 5.76 Å². The van der Waals surface area contributed by atoms with Crippen LogP contribution < -0.4 is 5.32 Å². The molecule has 1 amide bonds. The number of aromatic nitrogens is 1. The number of aryl methyl sites for hydroxylation is 1. The van der Waals surface area contributed by atoms with E-state index in [4.69, 9.17) is 4.42 Å². The number of hydrogen-bond acceptors (Lipinski definition) is 3. The Hall–Kier alpha value is -2.88. The molecule has 0 bridgehead atoms. The number of nitrogens with zero attached hydrogens (tertiary/aromatic N) is 1. The minimum Gasteiger partial charge on any atom is -0.446 e. The van der Waals surface area contributed by atoms with E-state index in [9.17, 15) is 4.79 Å². The van der Waals surface area contributed by atoms with E-state index in [1.165, 1.54) is 0 Å². The summed E-state index contributed by atoms with van der Waals surface area (Å²) in [7, 11) is 0. The maximum atomic E-state index is 12.4. The van der Waals surface area contributed by atoms with Crippen molar-refractivity contribution < 1.29 is 9.21 Å². The molecular weight excluding hydrogens is 312 g/mol. The second kappa shape index (κ2) is 8.29. The van der Waals surface area contributed by atoms with Crippen molar-refractivity contribution in [1.29, 1.82) is 0 Å². The number of amides is 1. The molecule has 1 heterocycles. The first-order valence-corrected chi connectivity index (χ1v) is 8.50. The largest absolute Gasteiger partial charge is 0.446 e. The minimum absolute atomic E-state index is 0.0287. The monoisotopic (exact) mass is 334 g/mol. The molecule has 4 nitrogen and oxygen atoms in total. The van der Waals surface area contributed by atoms with E-state index >= 15 is 0 Å². The summed E-state index contributed by atoms with van der Waals surface area (Å²) in [6.07, 6.45) is 2.71. The molecule has 4 heteroatoms. The van der Waals surface area contributed by atoms with Gasteiger partial charge in [0.25, 0.3) is 0 Å².